The number of carbonyl (C=O) groups is 1. The van der Waals surface area contributed by atoms with Gasteiger partial charge in [0.1, 0.15) is 12.4 Å². The molecule has 2 aromatic carbocycles. The van der Waals surface area contributed by atoms with E-state index in [1.807, 2.05) is 30.3 Å². The van der Waals surface area contributed by atoms with Crippen molar-refractivity contribution in [3.8, 4) is 5.75 Å². The topological polar surface area (TPSA) is 69.0 Å². The number of rotatable bonds is 9. The van der Waals surface area contributed by atoms with Crippen molar-refractivity contribution in [1.82, 2.24) is 20.1 Å². The molecule has 1 heterocycles. The average molecular weight is 450 g/mol. The number of hydrogen-bond acceptors (Lipinski definition) is 5. The molecule has 0 spiro atoms. The highest BCUT2D eigenvalue weighted by Gasteiger charge is 2.30. The van der Waals surface area contributed by atoms with Crippen LogP contribution in [0.1, 0.15) is 17.0 Å². The Bertz CT molecular complexity index is 1010. The van der Waals surface area contributed by atoms with Crippen LogP contribution >= 0.6 is 11.8 Å². The van der Waals surface area contributed by atoms with Crippen molar-refractivity contribution in [3.63, 3.8) is 0 Å². The number of amides is 1. The van der Waals surface area contributed by atoms with Crippen molar-refractivity contribution in [2.45, 2.75) is 24.4 Å². The SMILES string of the molecule is Cn1c(COc2cccc(C(F)(F)F)c2)nnc1SCC(=O)NCCc1ccccc1. The zero-order chi connectivity index (χ0) is 22.3. The van der Waals surface area contributed by atoms with Gasteiger partial charge in [0.25, 0.3) is 0 Å². The lowest BCUT2D eigenvalue weighted by Crippen LogP contribution is -2.27. The quantitative estimate of drug-likeness (QED) is 0.502. The second-order valence-electron chi connectivity index (χ2n) is 6.65. The van der Waals surface area contributed by atoms with Crippen LogP contribution in [0.2, 0.25) is 0 Å². The van der Waals surface area contributed by atoms with Crippen LogP contribution in [0.3, 0.4) is 0 Å². The van der Waals surface area contributed by atoms with Crippen molar-refractivity contribution in [2.24, 2.45) is 7.05 Å². The number of halogens is 3. The fourth-order valence-electron chi connectivity index (χ4n) is 2.68. The van der Waals surface area contributed by atoms with E-state index in [4.69, 9.17) is 4.74 Å². The number of benzene rings is 2. The molecule has 0 saturated heterocycles. The van der Waals surface area contributed by atoms with Gasteiger partial charge in [-0.2, -0.15) is 13.2 Å². The Morgan fingerprint density at radius 2 is 1.90 bits per heavy atom. The highest BCUT2D eigenvalue weighted by atomic mass is 32.2. The zero-order valence-electron chi connectivity index (χ0n) is 16.7. The highest BCUT2D eigenvalue weighted by Crippen LogP contribution is 2.31. The molecule has 3 aromatic rings. The van der Waals surface area contributed by atoms with Gasteiger partial charge < -0.3 is 14.6 Å². The van der Waals surface area contributed by atoms with Crippen LogP contribution in [-0.2, 0) is 31.0 Å². The molecule has 1 amide bonds. The van der Waals surface area contributed by atoms with Crippen LogP contribution in [0.4, 0.5) is 13.2 Å². The number of thioether (sulfide) groups is 1. The molecule has 3 rings (SSSR count). The minimum atomic E-state index is -4.43. The monoisotopic (exact) mass is 450 g/mol. The number of carbonyl (C=O) groups excluding carboxylic acids is 1. The van der Waals surface area contributed by atoms with Gasteiger partial charge in [0, 0.05) is 13.6 Å². The fraction of sp³-hybridized carbons (Fsp3) is 0.286. The predicted octanol–water partition coefficient (Wildman–Crippen LogP) is 3.86. The van der Waals surface area contributed by atoms with E-state index >= 15 is 0 Å². The van der Waals surface area contributed by atoms with Gasteiger partial charge in [0.15, 0.2) is 11.0 Å². The molecule has 31 heavy (non-hydrogen) atoms. The van der Waals surface area contributed by atoms with Crippen LogP contribution in [0.15, 0.2) is 59.8 Å². The van der Waals surface area contributed by atoms with E-state index < -0.39 is 11.7 Å². The van der Waals surface area contributed by atoms with Crippen LogP contribution < -0.4 is 10.1 Å². The smallest absolute Gasteiger partial charge is 0.416 e. The van der Waals surface area contributed by atoms with Gasteiger partial charge in [0.05, 0.1) is 11.3 Å². The first-order valence-electron chi connectivity index (χ1n) is 9.44. The molecule has 0 aliphatic heterocycles. The van der Waals surface area contributed by atoms with Crippen molar-refractivity contribution in [2.75, 3.05) is 12.3 Å². The Balaban J connectivity index is 1.46. The van der Waals surface area contributed by atoms with Crippen molar-refractivity contribution >= 4 is 17.7 Å². The Labute approximate surface area is 181 Å². The maximum absolute atomic E-state index is 12.8. The molecule has 0 aliphatic rings. The Morgan fingerprint density at radius 3 is 2.65 bits per heavy atom. The fourth-order valence-corrected chi connectivity index (χ4v) is 3.44. The van der Waals surface area contributed by atoms with E-state index in [1.165, 1.54) is 23.9 Å². The minimum absolute atomic E-state index is 0.0470. The molecular formula is C21H21F3N4O2S. The van der Waals surface area contributed by atoms with E-state index in [-0.39, 0.29) is 24.0 Å². The maximum atomic E-state index is 12.8. The normalized spacial score (nSPS) is 11.4. The number of nitrogens with one attached hydrogen (secondary N) is 1. The number of alkyl halides is 3. The van der Waals surface area contributed by atoms with Gasteiger partial charge in [-0.25, -0.2) is 0 Å². The number of ether oxygens (including phenoxy) is 1. The van der Waals surface area contributed by atoms with Gasteiger partial charge in [0.2, 0.25) is 5.91 Å². The number of aromatic nitrogens is 3. The summed E-state index contributed by atoms with van der Waals surface area (Å²) in [6.07, 6.45) is -3.69. The minimum Gasteiger partial charge on any atom is -0.486 e. The third kappa shape index (κ3) is 6.74. The molecule has 0 unspecified atom stereocenters. The lowest BCUT2D eigenvalue weighted by atomic mass is 10.1. The summed E-state index contributed by atoms with van der Waals surface area (Å²) in [6.45, 7) is 0.493. The molecule has 0 bridgehead atoms. The summed E-state index contributed by atoms with van der Waals surface area (Å²) in [5.41, 5.74) is 0.367. The van der Waals surface area contributed by atoms with Crippen molar-refractivity contribution < 1.29 is 22.7 Å². The number of nitrogens with zero attached hydrogens (tertiary/aromatic N) is 3. The van der Waals surface area contributed by atoms with Crippen LogP contribution in [0.5, 0.6) is 5.75 Å². The molecule has 0 saturated carbocycles. The molecule has 164 valence electrons. The summed E-state index contributed by atoms with van der Waals surface area (Å²) in [6, 6.07) is 14.5. The van der Waals surface area contributed by atoms with Gasteiger partial charge >= 0.3 is 6.18 Å². The van der Waals surface area contributed by atoms with E-state index in [9.17, 15) is 18.0 Å². The third-order valence-electron chi connectivity index (χ3n) is 4.37. The maximum Gasteiger partial charge on any atom is 0.416 e. The third-order valence-corrected chi connectivity index (χ3v) is 5.39. The lowest BCUT2D eigenvalue weighted by molar-refractivity contribution is -0.137. The Hall–Kier alpha value is -3.01. The zero-order valence-corrected chi connectivity index (χ0v) is 17.5. The highest BCUT2D eigenvalue weighted by molar-refractivity contribution is 7.99. The van der Waals surface area contributed by atoms with Gasteiger partial charge in [-0.15, -0.1) is 10.2 Å². The molecule has 1 N–H and O–H groups in total. The summed E-state index contributed by atoms with van der Waals surface area (Å²) in [5.74, 6) is 0.579. The van der Waals surface area contributed by atoms with E-state index in [0.29, 0.717) is 17.5 Å². The second-order valence-corrected chi connectivity index (χ2v) is 7.59. The van der Waals surface area contributed by atoms with Crippen LogP contribution in [0, 0.1) is 0 Å². The van der Waals surface area contributed by atoms with Gasteiger partial charge in [-0.3, -0.25) is 4.79 Å². The molecule has 1 aromatic heterocycles. The van der Waals surface area contributed by atoms with E-state index in [0.717, 1.165) is 24.1 Å². The van der Waals surface area contributed by atoms with Crippen LogP contribution in [0.25, 0.3) is 0 Å². The summed E-state index contributed by atoms with van der Waals surface area (Å²) < 4.78 is 45.5. The summed E-state index contributed by atoms with van der Waals surface area (Å²) in [7, 11) is 1.71. The Kier molecular flexibility index (Phi) is 7.56. The second kappa shape index (κ2) is 10.3. The molecule has 0 aliphatic carbocycles. The van der Waals surface area contributed by atoms with E-state index in [1.54, 1.807) is 11.6 Å². The molecule has 0 radical (unpaired) electrons. The molecule has 0 atom stereocenters. The molecule has 0 fully saturated rings. The standard InChI is InChI=1S/C21H21F3N4O2S/c1-28-18(13-30-17-9-5-8-16(12-17)21(22,23)24)26-27-20(28)31-14-19(29)25-11-10-15-6-3-2-4-7-15/h2-9,12H,10-11,13-14H2,1H3,(H,25,29). The van der Waals surface area contributed by atoms with Crippen molar-refractivity contribution in [1.29, 1.82) is 0 Å². The largest absolute Gasteiger partial charge is 0.486 e. The first kappa shape index (κ1) is 22.7. The number of hydrogen-bond donors (Lipinski definition) is 1. The first-order chi connectivity index (χ1) is 14.8. The summed E-state index contributed by atoms with van der Waals surface area (Å²) in [4.78, 5) is 12.0. The summed E-state index contributed by atoms with van der Waals surface area (Å²) >= 11 is 1.22. The molecule has 10 heteroatoms. The average Bonchev–Trinajstić information content (AvgIpc) is 3.10. The first-order valence-corrected chi connectivity index (χ1v) is 10.4. The Morgan fingerprint density at radius 1 is 1.13 bits per heavy atom. The lowest BCUT2D eigenvalue weighted by Gasteiger charge is -2.10. The van der Waals surface area contributed by atoms with Gasteiger partial charge in [-0.05, 0) is 30.2 Å². The molecule has 6 nitrogen and oxygen atoms in total. The van der Waals surface area contributed by atoms with E-state index in [2.05, 4.69) is 15.5 Å². The summed E-state index contributed by atoms with van der Waals surface area (Å²) in [5, 5.41) is 11.4. The van der Waals surface area contributed by atoms with Crippen molar-refractivity contribution in [3.05, 3.63) is 71.5 Å². The predicted molar refractivity (Wildman–Crippen MR) is 111 cm³/mol. The van der Waals surface area contributed by atoms with Gasteiger partial charge in [-0.1, -0.05) is 48.2 Å². The molecular weight excluding hydrogens is 429 g/mol. The van der Waals surface area contributed by atoms with Crippen LogP contribution in [-0.4, -0.2) is 33.0 Å².